The summed E-state index contributed by atoms with van der Waals surface area (Å²) in [5, 5.41) is 2.72. The Labute approximate surface area is 81.5 Å². The van der Waals surface area contributed by atoms with Crippen molar-refractivity contribution in [1.82, 2.24) is 5.32 Å². The zero-order valence-corrected chi connectivity index (χ0v) is 9.29. The zero-order chi connectivity index (χ0) is 9.82. The SMILES string of the molecule is CCC.CCCCNC(=O)CS. The molecule has 0 aliphatic rings. The first-order valence-corrected chi connectivity index (χ1v) is 5.23. The van der Waals surface area contributed by atoms with E-state index < -0.39 is 0 Å². The van der Waals surface area contributed by atoms with Crippen molar-refractivity contribution in [3.05, 3.63) is 0 Å². The van der Waals surface area contributed by atoms with Gasteiger partial charge in [0.15, 0.2) is 0 Å². The maximum Gasteiger partial charge on any atom is 0.229 e. The molecular weight excluding hydrogens is 170 g/mol. The second-order valence-electron chi connectivity index (χ2n) is 2.57. The van der Waals surface area contributed by atoms with Gasteiger partial charge in [0.2, 0.25) is 5.91 Å². The Bertz CT molecular complexity index is 96.5. The van der Waals surface area contributed by atoms with Crippen molar-refractivity contribution in [3.8, 4) is 0 Å². The molecule has 0 saturated heterocycles. The molecule has 1 N–H and O–H groups in total. The van der Waals surface area contributed by atoms with Crippen LogP contribution in [0.3, 0.4) is 0 Å². The molecule has 0 spiro atoms. The van der Waals surface area contributed by atoms with Crippen molar-refractivity contribution in [2.24, 2.45) is 0 Å². The van der Waals surface area contributed by atoms with Crippen LogP contribution in [0, 0.1) is 0 Å². The van der Waals surface area contributed by atoms with Crippen LogP contribution in [-0.4, -0.2) is 18.2 Å². The summed E-state index contributed by atoms with van der Waals surface area (Å²) in [4.78, 5) is 10.5. The number of carbonyl (C=O) groups excluding carboxylic acids is 1. The highest BCUT2D eigenvalue weighted by molar-refractivity contribution is 7.81. The Kier molecular flexibility index (Phi) is 16.0. The number of carbonyl (C=O) groups is 1. The van der Waals surface area contributed by atoms with E-state index >= 15 is 0 Å². The first-order valence-electron chi connectivity index (χ1n) is 4.60. The van der Waals surface area contributed by atoms with Crippen LogP contribution in [0.2, 0.25) is 0 Å². The van der Waals surface area contributed by atoms with Crippen LogP contribution in [-0.2, 0) is 4.79 Å². The van der Waals surface area contributed by atoms with Crippen LogP contribution in [0.25, 0.3) is 0 Å². The molecule has 0 saturated carbocycles. The molecule has 2 nitrogen and oxygen atoms in total. The van der Waals surface area contributed by atoms with Gasteiger partial charge in [-0.3, -0.25) is 4.79 Å². The van der Waals surface area contributed by atoms with Gasteiger partial charge in [-0.1, -0.05) is 33.6 Å². The molecule has 0 fully saturated rings. The first-order chi connectivity index (χ1) is 5.72. The number of rotatable bonds is 4. The number of amides is 1. The minimum atomic E-state index is 0.0202. The molecule has 0 atom stereocenters. The normalized spacial score (nSPS) is 8.33. The van der Waals surface area contributed by atoms with E-state index in [1.165, 1.54) is 6.42 Å². The van der Waals surface area contributed by atoms with Gasteiger partial charge in [-0.15, -0.1) is 0 Å². The maximum absolute atomic E-state index is 10.5. The lowest BCUT2D eigenvalue weighted by Gasteiger charge is -1.98. The van der Waals surface area contributed by atoms with Gasteiger partial charge in [-0.25, -0.2) is 0 Å². The van der Waals surface area contributed by atoms with Gasteiger partial charge in [-0.05, 0) is 6.42 Å². The lowest BCUT2D eigenvalue weighted by molar-refractivity contribution is -0.118. The van der Waals surface area contributed by atoms with Crippen LogP contribution < -0.4 is 5.32 Å². The summed E-state index contributed by atoms with van der Waals surface area (Å²) in [6.07, 6.45) is 3.42. The van der Waals surface area contributed by atoms with Crippen molar-refractivity contribution in [1.29, 1.82) is 0 Å². The maximum atomic E-state index is 10.5. The minimum absolute atomic E-state index is 0.0202. The highest BCUT2D eigenvalue weighted by atomic mass is 32.1. The standard InChI is InChI=1S/C6H13NOS.C3H8/c1-2-3-4-7-6(8)5-9;1-3-2/h9H,2-5H2,1H3,(H,7,8);3H2,1-2H3. The first kappa shape index (κ1) is 14.3. The fraction of sp³-hybridized carbons (Fsp3) is 0.889. The molecule has 0 aromatic rings. The second-order valence-corrected chi connectivity index (χ2v) is 2.88. The van der Waals surface area contributed by atoms with Gasteiger partial charge in [-0.2, -0.15) is 12.6 Å². The average molecular weight is 191 g/mol. The number of thiol groups is 1. The zero-order valence-electron chi connectivity index (χ0n) is 8.39. The molecule has 12 heavy (non-hydrogen) atoms. The molecule has 1 amide bonds. The smallest absolute Gasteiger partial charge is 0.229 e. The lowest BCUT2D eigenvalue weighted by Crippen LogP contribution is -2.25. The molecule has 0 rings (SSSR count). The Hall–Kier alpha value is -0.180. The molecule has 0 unspecified atom stereocenters. The summed E-state index contributed by atoms with van der Waals surface area (Å²) in [5.74, 6) is 0.316. The van der Waals surface area contributed by atoms with Crippen LogP contribution in [0.4, 0.5) is 0 Å². The third-order valence-corrected chi connectivity index (χ3v) is 1.28. The van der Waals surface area contributed by atoms with E-state index in [2.05, 4.69) is 38.7 Å². The van der Waals surface area contributed by atoms with Crippen molar-refractivity contribution < 1.29 is 4.79 Å². The summed E-state index contributed by atoms with van der Waals surface area (Å²) < 4.78 is 0. The number of nitrogens with one attached hydrogen (secondary N) is 1. The largest absolute Gasteiger partial charge is 0.355 e. The van der Waals surface area contributed by atoms with Crippen molar-refractivity contribution >= 4 is 18.5 Å². The summed E-state index contributed by atoms with van der Waals surface area (Å²) in [6.45, 7) is 7.13. The molecule has 0 bridgehead atoms. The predicted molar refractivity (Wildman–Crippen MR) is 57.7 cm³/mol. The Morgan fingerprint density at radius 2 is 1.83 bits per heavy atom. The van der Waals surface area contributed by atoms with E-state index in [9.17, 15) is 4.79 Å². The van der Waals surface area contributed by atoms with Gasteiger partial charge >= 0.3 is 0 Å². The van der Waals surface area contributed by atoms with Crippen LogP contribution in [0.5, 0.6) is 0 Å². The summed E-state index contributed by atoms with van der Waals surface area (Å²) in [6, 6.07) is 0. The summed E-state index contributed by atoms with van der Waals surface area (Å²) in [5.41, 5.74) is 0. The van der Waals surface area contributed by atoms with Gasteiger partial charge < -0.3 is 5.32 Å². The van der Waals surface area contributed by atoms with E-state index in [4.69, 9.17) is 0 Å². The second kappa shape index (κ2) is 13.4. The van der Waals surface area contributed by atoms with Crippen LogP contribution >= 0.6 is 12.6 Å². The van der Waals surface area contributed by atoms with Crippen molar-refractivity contribution in [3.63, 3.8) is 0 Å². The summed E-state index contributed by atoms with van der Waals surface area (Å²) in [7, 11) is 0. The monoisotopic (exact) mass is 191 g/mol. The van der Waals surface area contributed by atoms with E-state index in [-0.39, 0.29) is 5.91 Å². The molecule has 3 heteroatoms. The topological polar surface area (TPSA) is 29.1 Å². The van der Waals surface area contributed by atoms with Crippen molar-refractivity contribution in [2.75, 3.05) is 12.3 Å². The predicted octanol–water partition coefficient (Wildman–Crippen LogP) is 2.25. The average Bonchev–Trinajstić information content (AvgIpc) is 2.06. The molecule has 0 aromatic carbocycles. The summed E-state index contributed by atoms with van der Waals surface area (Å²) >= 11 is 3.81. The third kappa shape index (κ3) is 16.4. The molecule has 0 heterocycles. The van der Waals surface area contributed by atoms with E-state index in [0.29, 0.717) is 5.75 Å². The molecular formula is C9H21NOS. The lowest BCUT2D eigenvalue weighted by atomic mass is 10.3. The molecule has 0 radical (unpaired) electrons. The van der Waals surface area contributed by atoms with Gasteiger partial charge in [0.1, 0.15) is 0 Å². The van der Waals surface area contributed by atoms with Gasteiger partial charge in [0.25, 0.3) is 0 Å². The Morgan fingerprint density at radius 1 is 1.33 bits per heavy atom. The number of unbranched alkanes of at least 4 members (excludes halogenated alkanes) is 1. The van der Waals surface area contributed by atoms with Crippen molar-refractivity contribution in [2.45, 2.75) is 40.0 Å². The third-order valence-electron chi connectivity index (χ3n) is 0.996. The van der Waals surface area contributed by atoms with Crippen LogP contribution in [0.15, 0.2) is 0 Å². The van der Waals surface area contributed by atoms with Gasteiger partial charge in [0, 0.05) is 6.54 Å². The van der Waals surface area contributed by atoms with E-state index in [0.717, 1.165) is 19.4 Å². The fourth-order valence-corrected chi connectivity index (χ4v) is 0.572. The fourth-order valence-electron chi connectivity index (χ4n) is 0.460. The molecule has 74 valence electrons. The molecule has 0 aliphatic heterocycles. The molecule has 0 aliphatic carbocycles. The minimum Gasteiger partial charge on any atom is -0.355 e. The quantitative estimate of drug-likeness (QED) is 0.518. The van der Waals surface area contributed by atoms with E-state index in [1.807, 2.05) is 0 Å². The highest BCUT2D eigenvalue weighted by Crippen LogP contribution is 1.82. The Balaban J connectivity index is 0. The van der Waals surface area contributed by atoms with E-state index in [1.54, 1.807) is 0 Å². The number of hydrogen-bond donors (Lipinski definition) is 2. The number of hydrogen-bond acceptors (Lipinski definition) is 2. The van der Waals surface area contributed by atoms with Crippen LogP contribution in [0.1, 0.15) is 40.0 Å². The van der Waals surface area contributed by atoms with Gasteiger partial charge in [0.05, 0.1) is 5.75 Å². The highest BCUT2D eigenvalue weighted by Gasteiger charge is 1.92. The molecule has 0 aromatic heterocycles. The Morgan fingerprint density at radius 3 is 2.17 bits per heavy atom.